The topological polar surface area (TPSA) is 52.7 Å². The lowest BCUT2D eigenvalue weighted by Gasteiger charge is -2.36. The zero-order valence-electron chi connectivity index (χ0n) is 12.5. The molecule has 0 saturated carbocycles. The van der Waals surface area contributed by atoms with E-state index in [2.05, 4.69) is 5.32 Å². The minimum Gasteiger partial charge on any atom is -0.347 e. The molecule has 1 atom stereocenters. The zero-order valence-corrected chi connectivity index (χ0v) is 12.5. The van der Waals surface area contributed by atoms with Crippen molar-refractivity contribution in [2.45, 2.75) is 13.0 Å². The summed E-state index contributed by atoms with van der Waals surface area (Å²) in [7, 11) is 3.29. The summed E-state index contributed by atoms with van der Waals surface area (Å²) in [5.41, 5.74) is 0.832. The number of carbonyl (C=O) groups is 2. The summed E-state index contributed by atoms with van der Waals surface area (Å²) in [5.74, 6) is -1.15. The van der Waals surface area contributed by atoms with E-state index in [1.807, 2.05) is 0 Å². The van der Waals surface area contributed by atoms with Crippen molar-refractivity contribution >= 4 is 11.8 Å². The Bertz CT molecular complexity index is 560. The van der Waals surface area contributed by atoms with Gasteiger partial charge in [0.1, 0.15) is 11.9 Å². The largest absolute Gasteiger partial charge is 0.347 e. The fourth-order valence-electron chi connectivity index (χ4n) is 2.42. The van der Waals surface area contributed by atoms with Gasteiger partial charge in [0.15, 0.2) is 0 Å². The summed E-state index contributed by atoms with van der Waals surface area (Å²) in [6, 6.07) is 3.83. The molecule has 1 fully saturated rings. The molecule has 2 amide bonds. The number of piperazine rings is 1. The van der Waals surface area contributed by atoms with Crippen LogP contribution in [-0.2, 0) is 4.79 Å². The van der Waals surface area contributed by atoms with E-state index in [0.29, 0.717) is 19.6 Å². The Morgan fingerprint density at radius 1 is 1.38 bits per heavy atom. The fraction of sp³-hybridized carbons (Fsp3) is 0.467. The number of nitrogens with zero attached hydrogens (tertiary/aromatic N) is 2. The molecule has 1 aromatic carbocycles. The van der Waals surface area contributed by atoms with Crippen LogP contribution in [0.25, 0.3) is 0 Å². The number of hydrogen-bond acceptors (Lipinski definition) is 3. The van der Waals surface area contributed by atoms with E-state index in [1.165, 1.54) is 21.9 Å². The van der Waals surface area contributed by atoms with Crippen molar-refractivity contribution in [1.82, 2.24) is 15.1 Å². The summed E-state index contributed by atoms with van der Waals surface area (Å²) in [4.78, 5) is 27.7. The van der Waals surface area contributed by atoms with E-state index >= 15 is 0 Å². The summed E-state index contributed by atoms with van der Waals surface area (Å²) in [5, 5.41) is 3.10. The van der Waals surface area contributed by atoms with Gasteiger partial charge in [-0.05, 0) is 19.1 Å². The van der Waals surface area contributed by atoms with Crippen LogP contribution in [0.2, 0.25) is 0 Å². The number of amides is 2. The van der Waals surface area contributed by atoms with E-state index in [9.17, 15) is 14.0 Å². The molecule has 21 heavy (non-hydrogen) atoms. The van der Waals surface area contributed by atoms with Crippen LogP contribution in [0.4, 0.5) is 4.39 Å². The Kier molecular flexibility index (Phi) is 4.57. The minimum atomic E-state index is -0.596. The van der Waals surface area contributed by atoms with Gasteiger partial charge in [0.05, 0.1) is 5.56 Å². The predicted molar refractivity (Wildman–Crippen MR) is 77.5 cm³/mol. The molecule has 1 aromatic rings. The van der Waals surface area contributed by atoms with Gasteiger partial charge in [0.25, 0.3) is 5.91 Å². The smallest absolute Gasteiger partial charge is 0.257 e. The van der Waals surface area contributed by atoms with Gasteiger partial charge >= 0.3 is 0 Å². The molecule has 1 aliphatic rings. The molecule has 1 aliphatic heterocycles. The van der Waals surface area contributed by atoms with Gasteiger partial charge in [-0.25, -0.2) is 4.39 Å². The average molecular weight is 293 g/mol. The molecule has 5 nitrogen and oxygen atoms in total. The molecule has 2 rings (SSSR count). The van der Waals surface area contributed by atoms with Gasteiger partial charge in [0.2, 0.25) is 5.91 Å². The van der Waals surface area contributed by atoms with E-state index in [-0.39, 0.29) is 11.5 Å². The first-order valence-corrected chi connectivity index (χ1v) is 6.91. The molecular weight excluding hydrogens is 273 g/mol. The lowest BCUT2D eigenvalue weighted by Crippen LogP contribution is -2.59. The highest BCUT2D eigenvalue weighted by Gasteiger charge is 2.34. The summed E-state index contributed by atoms with van der Waals surface area (Å²) >= 11 is 0. The third-order valence-electron chi connectivity index (χ3n) is 3.58. The van der Waals surface area contributed by atoms with Crippen molar-refractivity contribution in [3.63, 3.8) is 0 Å². The normalized spacial score (nSPS) is 18.5. The lowest BCUT2D eigenvalue weighted by atomic mass is 10.1. The number of benzene rings is 1. The van der Waals surface area contributed by atoms with Crippen LogP contribution in [0.5, 0.6) is 0 Å². The molecule has 1 saturated heterocycles. The number of hydrogen-bond donors (Lipinski definition) is 1. The number of halogens is 1. The first kappa shape index (κ1) is 15.4. The summed E-state index contributed by atoms with van der Waals surface area (Å²) in [6.07, 6.45) is 0. The Hall–Kier alpha value is -1.95. The molecule has 0 aliphatic carbocycles. The van der Waals surface area contributed by atoms with E-state index in [1.54, 1.807) is 27.1 Å². The van der Waals surface area contributed by atoms with Gasteiger partial charge in [0, 0.05) is 33.7 Å². The SMILES string of the molecule is Cc1ccc(F)c(C(=O)N2CCNCC2C(=O)N(C)C)c1. The molecule has 6 heteroatoms. The monoisotopic (exact) mass is 293 g/mol. The Morgan fingerprint density at radius 2 is 2.10 bits per heavy atom. The van der Waals surface area contributed by atoms with Crippen LogP contribution in [0.3, 0.4) is 0 Å². The summed E-state index contributed by atoms with van der Waals surface area (Å²) in [6.45, 7) is 3.17. The van der Waals surface area contributed by atoms with Gasteiger partial charge < -0.3 is 15.1 Å². The number of rotatable bonds is 2. The fourth-order valence-corrected chi connectivity index (χ4v) is 2.42. The highest BCUT2D eigenvalue weighted by atomic mass is 19.1. The molecule has 114 valence electrons. The molecular formula is C15H20FN3O2. The molecule has 1 heterocycles. The standard InChI is InChI=1S/C15H20FN3O2/c1-10-4-5-12(16)11(8-10)14(20)19-7-6-17-9-13(19)15(21)18(2)3/h4-5,8,13,17H,6-7,9H2,1-3H3. The highest BCUT2D eigenvalue weighted by Crippen LogP contribution is 2.16. The van der Waals surface area contributed by atoms with Gasteiger partial charge in [-0.1, -0.05) is 11.6 Å². The Morgan fingerprint density at radius 3 is 2.76 bits per heavy atom. The number of likely N-dealkylation sites (N-methyl/N-ethyl adjacent to an activating group) is 1. The van der Waals surface area contributed by atoms with Crippen LogP contribution in [-0.4, -0.2) is 61.4 Å². The van der Waals surface area contributed by atoms with Crippen LogP contribution in [0.15, 0.2) is 18.2 Å². The van der Waals surface area contributed by atoms with Crippen molar-refractivity contribution in [2.24, 2.45) is 0 Å². The molecule has 0 aromatic heterocycles. The number of carbonyl (C=O) groups excluding carboxylic acids is 2. The van der Waals surface area contributed by atoms with E-state index in [4.69, 9.17) is 0 Å². The minimum absolute atomic E-state index is 0.0217. The molecule has 0 bridgehead atoms. The van der Waals surface area contributed by atoms with Crippen LogP contribution < -0.4 is 5.32 Å². The van der Waals surface area contributed by atoms with Gasteiger partial charge in [-0.3, -0.25) is 9.59 Å². The first-order chi connectivity index (χ1) is 9.91. The van der Waals surface area contributed by atoms with Crippen molar-refractivity contribution in [3.05, 3.63) is 35.1 Å². The first-order valence-electron chi connectivity index (χ1n) is 6.91. The quantitative estimate of drug-likeness (QED) is 0.870. The highest BCUT2D eigenvalue weighted by molar-refractivity contribution is 5.98. The maximum atomic E-state index is 13.9. The zero-order chi connectivity index (χ0) is 15.6. The second-order valence-corrected chi connectivity index (χ2v) is 5.43. The average Bonchev–Trinajstić information content (AvgIpc) is 2.48. The lowest BCUT2D eigenvalue weighted by molar-refractivity contribution is -0.134. The molecule has 1 N–H and O–H groups in total. The molecule has 0 spiro atoms. The number of nitrogens with one attached hydrogen (secondary N) is 1. The van der Waals surface area contributed by atoms with Crippen LogP contribution >= 0.6 is 0 Å². The van der Waals surface area contributed by atoms with Gasteiger partial charge in [-0.2, -0.15) is 0 Å². The third kappa shape index (κ3) is 3.21. The maximum Gasteiger partial charge on any atom is 0.257 e. The predicted octanol–water partition coefficient (Wildman–Crippen LogP) is 0.636. The third-order valence-corrected chi connectivity index (χ3v) is 3.58. The van der Waals surface area contributed by atoms with Crippen molar-refractivity contribution in [1.29, 1.82) is 0 Å². The van der Waals surface area contributed by atoms with Crippen molar-refractivity contribution in [3.8, 4) is 0 Å². The van der Waals surface area contributed by atoms with Gasteiger partial charge in [-0.15, -0.1) is 0 Å². The van der Waals surface area contributed by atoms with Crippen LogP contribution in [0.1, 0.15) is 15.9 Å². The van der Waals surface area contributed by atoms with E-state index in [0.717, 1.165) is 5.56 Å². The molecule has 1 unspecified atom stereocenters. The van der Waals surface area contributed by atoms with Crippen molar-refractivity contribution < 1.29 is 14.0 Å². The van der Waals surface area contributed by atoms with E-state index < -0.39 is 17.8 Å². The molecule has 0 radical (unpaired) electrons. The Labute approximate surface area is 123 Å². The number of aryl methyl sites for hydroxylation is 1. The summed E-state index contributed by atoms with van der Waals surface area (Å²) < 4.78 is 13.9. The maximum absolute atomic E-state index is 13.9. The second kappa shape index (κ2) is 6.22. The Balaban J connectivity index is 2.30. The second-order valence-electron chi connectivity index (χ2n) is 5.43. The van der Waals surface area contributed by atoms with Crippen LogP contribution in [0, 0.1) is 12.7 Å². The van der Waals surface area contributed by atoms with Crippen molar-refractivity contribution in [2.75, 3.05) is 33.7 Å².